The number of benzene rings is 1. The van der Waals surface area contributed by atoms with Gasteiger partial charge in [0, 0.05) is 10.5 Å². The summed E-state index contributed by atoms with van der Waals surface area (Å²) < 4.78 is 6.88. The lowest BCUT2D eigenvalue weighted by molar-refractivity contribution is 0.102. The molecule has 0 saturated carbocycles. The van der Waals surface area contributed by atoms with Gasteiger partial charge in [-0.15, -0.1) is 10.2 Å². The first-order valence-corrected chi connectivity index (χ1v) is 7.62. The van der Waals surface area contributed by atoms with Crippen molar-refractivity contribution < 1.29 is 9.53 Å². The van der Waals surface area contributed by atoms with E-state index < -0.39 is 0 Å². The van der Waals surface area contributed by atoms with Crippen LogP contribution in [-0.2, 0) is 0 Å². The molecule has 100 valence electrons. The van der Waals surface area contributed by atoms with Gasteiger partial charge in [0.25, 0.3) is 5.91 Å². The van der Waals surface area contributed by atoms with Crippen molar-refractivity contribution in [2.24, 2.45) is 0 Å². The molecule has 0 bridgehead atoms. The smallest absolute Gasteiger partial charge is 0.286 e. The van der Waals surface area contributed by atoms with Crippen molar-refractivity contribution in [3.05, 3.63) is 30.6 Å². The maximum atomic E-state index is 11.9. The van der Waals surface area contributed by atoms with E-state index in [4.69, 9.17) is 16.3 Å². The van der Waals surface area contributed by atoms with Crippen molar-refractivity contribution in [3.8, 4) is 5.75 Å². The molecule has 0 spiro atoms. The maximum absolute atomic E-state index is 11.9. The van der Waals surface area contributed by atoms with E-state index >= 15 is 0 Å². The normalized spacial score (nSPS) is 10.3. The third kappa shape index (κ3) is 3.44. The number of ether oxygens (including phenoxy) is 1. The Balaban J connectivity index is 2.26. The standard InChI is InChI=1S/C10H6Br2ClN3O2S/c1-18-7-3-6(4(11)2-5(7)12)14-8(17)9-15-16-10(13)19-9/h2-3H,1H3,(H,14,17). The van der Waals surface area contributed by atoms with Crippen LogP contribution in [0.25, 0.3) is 0 Å². The average molecular weight is 428 g/mol. The van der Waals surface area contributed by atoms with Crippen LogP contribution in [-0.4, -0.2) is 23.2 Å². The number of rotatable bonds is 3. The SMILES string of the molecule is COc1cc(NC(=O)c2nnc(Cl)s2)c(Br)cc1Br. The van der Waals surface area contributed by atoms with Crippen LogP contribution < -0.4 is 10.1 Å². The van der Waals surface area contributed by atoms with Crippen LogP contribution >= 0.6 is 54.8 Å². The molecule has 0 fully saturated rings. The molecule has 2 aromatic rings. The van der Waals surface area contributed by atoms with Gasteiger partial charge in [0.15, 0.2) is 0 Å². The molecule has 0 aliphatic rings. The van der Waals surface area contributed by atoms with E-state index in [0.29, 0.717) is 15.9 Å². The predicted molar refractivity (Wildman–Crippen MR) is 81.3 cm³/mol. The zero-order valence-electron chi connectivity index (χ0n) is 9.41. The van der Waals surface area contributed by atoms with E-state index in [1.165, 1.54) is 0 Å². The first-order chi connectivity index (χ1) is 9.01. The molecule has 5 nitrogen and oxygen atoms in total. The second-order valence-electron chi connectivity index (χ2n) is 3.28. The summed E-state index contributed by atoms with van der Waals surface area (Å²) in [5, 5.41) is 10.1. The highest BCUT2D eigenvalue weighted by atomic mass is 79.9. The van der Waals surface area contributed by atoms with Crippen molar-refractivity contribution in [2.75, 3.05) is 12.4 Å². The highest BCUT2D eigenvalue weighted by molar-refractivity contribution is 9.11. The second kappa shape index (κ2) is 6.17. The number of methoxy groups -OCH3 is 1. The van der Waals surface area contributed by atoms with Crippen molar-refractivity contribution in [3.63, 3.8) is 0 Å². The molecule has 0 radical (unpaired) electrons. The van der Waals surface area contributed by atoms with Crippen LogP contribution in [0.4, 0.5) is 5.69 Å². The van der Waals surface area contributed by atoms with Crippen LogP contribution in [0.1, 0.15) is 9.80 Å². The van der Waals surface area contributed by atoms with Gasteiger partial charge in [-0.2, -0.15) is 0 Å². The Hall–Kier alpha value is -0.700. The Bertz CT molecular complexity index is 635. The fourth-order valence-electron chi connectivity index (χ4n) is 1.25. The lowest BCUT2D eigenvalue weighted by Gasteiger charge is -2.09. The van der Waals surface area contributed by atoms with E-state index in [-0.39, 0.29) is 15.4 Å². The minimum absolute atomic E-state index is 0.193. The lowest BCUT2D eigenvalue weighted by Crippen LogP contribution is -2.12. The summed E-state index contributed by atoms with van der Waals surface area (Å²) in [6.07, 6.45) is 0. The van der Waals surface area contributed by atoms with E-state index in [2.05, 4.69) is 47.4 Å². The molecule has 2 rings (SSSR count). The summed E-state index contributed by atoms with van der Waals surface area (Å²) >= 11 is 13.4. The molecule has 0 aliphatic heterocycles. The van der Waals surface area contributed by atoms with E-state index in [1.807, 2.05) is 0 Å². The molecule has 1 N–H and O–H groups in total. The molecule has 1 amide bonds. The first kappa shape index (κ1) is 14.7. The molecule has 0 aliphatic carbocycles. The number of aromatic nitrogens is 2. The predicted octanol–water partition coefficient (Wildman–Crippen LogP) is 3.98. The van der Waals surface area contributed by atoms with Crippen LogP contribution in [0.3, 0.4) is 0 Å². The van der Waals surface area contributed by atoms with Crippen LogP contribution in [0.5, 0.6) is 5.75 Å². The number of amides is 1. The number of nitrogens with one attached hydrogen (secondary N) is 1. The Morgan fingerprint density at radius 2 is 2.11 bits per heavy atom. The first-order valence-electron chi connectivity index (χ1n) is 4.84. The summed E-state index contributed by atoms with van der Waals surface area (Å²) in [6.45, 7) is 0. The van der Waals surface area contributed by atoms with Gasteiger partial charge >= 0.3 is 0 Å². The molecule has 1 aromatic carbocycles. The highest BCUT2D eigenvalue weighted by Gasteiger charge is 2.15. The minimum Gasteiger partial charge on any atom is -0.495 e. The number of hydrogen-bond acceptors (Lipinski definition) is 5. The second-order valence-corrected chi connectivity index (χ2v) is 6.55. The average Bonchev–Trinajstić information content (AvgIpc) is 2.79. The van der Waals surface area contributed by atoms with Crippen LogP contribution in [0.15, 0.2) is 21.1 Å². The summed E-state index contributed by atoms with van der Waals surface area (Å²) in [7, 11) is 1.55. The zero-order chi connectivity index (χ0) is 14.0. The molecular formula is C10H6Br2ClN3O2S. The Labute approximate surface area is 134 Å². The molecule has 19 heavy (non-hydrogen) atoms. The highest BCUT2D eigenvalue weighted by Crippen LogP contribution is 2.34. The van der Waals surface area contributed by atoms with Gasteiger partial charge < -0.3 is 10.1 Å². The number of nitrogens with zero attached hydrogens (tertiary/aromatic N) is 2. The number of carbonyl (C=O) groups is 1. The summed E-state index contributed by atoms with van der Waals surface area (Å²) in [5.41, 5.74) is 0.566. The van der Waals surface area contributed by atoms with Gasteiger partial charge in [0.1, 0.15) is 5.75 Å². The van der Waals surface area contributed by atoms with E-state index in [1.54, 1.807) is 19.2 Å². The Morgan fingerprint density at radius 3 is 2.68 bits per heavy atom. The van der Waals surface area contributed by atoms with Crippen molar-refractivity contribution >= 4 is 66.4 Å². The minimum atomic E-state index is -0.380. The van der Waals surface area contributed by atoms with E-state index in [9.17, 15) is 4.79 Å². The number of halogens is 3. The molecule has 1 heterocycles. The number of anilines is 1. The fourth-order valence-corrected chi connectivity index (χ4v) is 3.23. The topological polar surface area (TPSA) is 64.1 Å². The quantitative estimate of drug-likeness (QED) is 0.805. The molecule has 9 heteroatoms. The molecule has 0 atom stereocenters. The zero-order valence-corrected chi connectivity index (χ0v) is 14.2. The summed E-state index contributed by atoms with van der Waals surface area (Å²) in [6, 6.07) is 3.47. The van der Waals surface area contributed by atoms with Crippen molar-refractivity contribution in [2.45, 2.75) is 0 Å². The third-order valence-electron chi connectivity index (χ3n) is 2.08. The third-order valence-corrected chi connectivity index (χ3v) is 4.38. The van der Waals surface area contributed by atoms with Gasteiger partial charge in [-0.25, -0.2) is 0 Å². The monoisotopic (exact) mass is 425 g/mol. The summed E-state index contributed by atoms with van der Waals surface area (Å²) in [5.74, 6) is 0.225. The van der Waals surface area contributed by atoms with Gasteiger partial charge in [-0.05, 0) is 49.5 Å². The molecule has 1 aromatic heterocycles. The lowest BCUT2D eigenvalue weighted by atomic mass is 10.3. The van der Waals surface area contributed by atoms with Gasteiger partial charge in [-0.1, -0.05) is 11.3 Å². The molecule has 0 unspecified atom stereocenters. The van der Waals surface area contributed by atoms with Crippen LogP contribution in [0, 0.1) is 0 Å². The Kier molecular flexibility index (Phi) is 4.77. The van der Waals surface area contributed by atoms with Gasteiger partial charge in [-0.3, -0.25) is 4.79 Å². The van der Waals surface area contributed by atoms with Crippen LogP contribution in [0.2, 0.25) is 4.47 Å². The largest absolute Gasteiger partial charge is 0.495 e. The van der Waals surface area contributed by atoms with Crippen molar-refractivity contribution in [1.82, 2.24) is 10.2 Å². The summed E-state index contributed by atoms with van der Waals surface area (Å²) in [4.78, 5) is 11.9. The van der Waals surface area contributed by atoms with Gasteiger partial charge in [0.2, 0.25) is 9.47 Å². The number of carbonyl (C=O) groups excluding carboxylic acids is 1. The number of hydrogen-bond donors (Lipinski definition) is 1. The Morgan fingerprint density at radius 1 is 1.37 bits per heavy atom. The van der Waals surface area contributed by atoms with E-state index in [0.717, 1.165) is 15.8 Å². The molecular weight excluding hydrogens is 421 g/mol. The van der Waals surface area contributed by atoms with Gasteiger partial charge in [0.05, 0.1) is 17.3 Å². The molecule has 0 saturated heterocycles. The van der Waals surface area contributed by atoms with Crippen molar-refractivity contribution in [1.29, 1.82) is 0 Å². The maximum Gasteiger partial charge on any atom is 0.286 e. The fraction of sp³-hybridized carbons (Fsp3) is 0.100.